The van der Waals surface area contributed by atoms with E-state index in [9.17, 15) is 22.0 Å². The molecule has 2 heterocycles. The summed E-state index contributed by atoms with van der Waals surface area (Å²) in [6.45, 7) is 2.52. The van der Waals surface area contributed by atoms with E-state index in [0.717, 1.165) is 6.07 Å². The Hall–Kier alpha value is -3.54. The lowest BCUT2D eigenvalue weighted by Gasteiger charge is -2.19. The lowest BCUT2D eigenvalue weighted by Crippen LogP contribution is -2.32. The van der Waals surface area contributed by atoms with Crippen molar-refractivity contribution in [2.75, 3.05) is 7.11 Å². The molecule has 34 heavy (non-hydrogen) atoms. The predicted molar refractivity (Wildman–Crippen MR) is 119 cm³/mol. The van der Waals surface area contributed by atoms with Crippen LogP contribution >= 0.6 is 0 Å². The summed E-state index contributed by atoms with van der Waals surface area (Å²) in [6.07, 6.45) is 3.16. The zero-order valence-corrected chi connectivity index (χ0v) is 19.8. The van der Waals surface area contributed by atoms with Crippen molar-refractivity contribution < 1.29 is 31.5 Å². The van der Waals surface area contributed by atoms with Crippen LogP contribution in [0.2, 0.25) is 0 Å². The molecule has 0 unspecified atom stereocenters. The highest BCUT2D eigenvalue weighted by molar-refractivity contribution is 7.90. The van der Waals surface area contributed by atoms with Gasteiger partial charge in [-0.2, -0.15) is 22.3 Å². The molecule has 0 aliphatic rings. The summed E-state index contributed by atoms with van der Waals surface area (Å²) in [6, 6.07) is 8.48. The minimum absolute atomic E-state index is 0.0513. The van der Waals surface area contributed by atoms with Gasteiger partial charge >= 0.3 is 6.61 Å². The monoisotopic (exact) mass is 494 g/mol. The molecule has 0 fully saturated rings. The van der Waals surface area contributed by atoms with Crippen molar-refractivity contribution in [2.24, 2.45) is 0 Å². The highest BCUT2D eigenvalue weighted by Gasteiger charge is 2.28. The Balaban J connectivity index is 1.92. The molecule has 1 N–H and O–H groups in total. The molecule has 0 saturated carbocycles. The average Bonchev–Trinajstić information content (AvgIpc) is 3.26. The minimum Gasteiger partial charge on any atom is -0.494 e. The van der Waals surface area contributed by atoms with Gasteiger partial charge in [0, 0.05) is 34.6 Å². The molecular formula is C22H24F2N4O5S. The van der Waals surface area contributed by atoms with E-state index in [1.165, 1.54) is 36.2 Å². The van der Waals surface area contributed by atoms with Gasteiger partial charge in [-0.05, 0) is 30.3 Å². The van der Waals surface area contributed by atoms with Crippen LogP contribution < -0.4 is 14.2 Å². The van der Waals surface area contributed by atoms with Gasteiger partial charge in [-0.25, -0.2) is 9.71 Å². The van der Waals surface area contributed by atoms with Gasteiger partial charge in [-0.1, -0.05) is 26.8 Å². The first-order chi connectivity index (χ1) is 15.9. The third-order valence-corrected chi connectivity index (χ3v) is 5.99. The van der Waals surface area contributed by atoms with Crippen LogP contribution in [0.5, 0.6) is 11.5 Å². The summed E-state index contributed by atoms with van der Waals surface area (Å²) in [5.74, 6) is -1.37. The number of ether oxygens (including phenoxy) is 2. The van der Waals surface area contributed by atoms with Crippen LogP contribution in [-0.2, 0) is 22.0 Å². The SMILES string of the molecule is COc1ccc(C(C)(C)C)nc1S(=O)(=O)NC(=O)c1ccc(Cn2cccn2)c(OC(F)F)c1. The Bertz CT molecular complexity index is 1270. The highest BCUT2D eigenvalue weighted by atomic mass is 32.2. The molecule has 0 aliphatic heterocycles. The van der Waals surface area contributed by atoms with Crippen molar-refractivity contribution in [3.8, 4) is 11.5 Å². The maximum atomic E-state index is 13.0. The van der Waals surface area contributed by atoms with Gasteiger partial charge < -0.3 is 9.47 Å². The fraction of sp³-hybridized carbons (Fsp3) is 0.318. The quantitative estimate of drug-likeness (QED) is 0.511. The van der Waals surface area contributed by atoms with E-state index < -0.39 is 33.0 Å². The van der Waals surface area contributed by atoms with Crippen LogP contribution in [0.4, 0.5) is 8.78 Å². The van der Waals surface area contributed by atoms with Gasteiger partial charge in [0.15, 0.2) is 5.75 Å². The Morgan fingerprint density at radius 3 is 2.50 bits per heavy atom. The summed E-state index contributed by atoms with van der Waals surface area (Å²) in [5.41, 5.74) is 0.127. The Labute approximate surface area is 195 Å². The first kappa shape index (κ1) is 25.1. The number of carbonyl (C=O) groups is 1. The number of nitrogens with zero attached hydrogens (tertiary/aromatic N) is 3. The number of sulfonamides is 1. The van der Waals surface area contributed by atoms with Crippen molar-refractivity contribution >= 4 is 15.9 Å². The molecular weight excluding hydrogens is 470 g/mol. The van der Waals surface area contributed by atoms with Crippen molar-refractivity contribution in [3.05, 3.63) is 65.6 Å². The molecule has 0 atom stereocenters. The number of pyridine rings is 1. The van der Waals surface area contributed by atoms with Gasteiger partial charge in [0.05, 0.1) is 13.7 Å². The largest absolute Gasteiger partial charge is 0.494 e. The number of alkyl halides is 2. The number of amides is 1. The van der Waals surface area contributed by atoms with Gasteiger partial charge in [-0.3, -0.25) is 9.48 Å². The lowest BCUT2D eigenvalue weighted by atomic mass is 9.92. The van der Waals surface area contributed by atoms with Gasteiger partial charge in [0.25, 0.3) is 15.9 Å². The smallest absolute Gasteiger partial charge is 0.387 e. The van der Waals surface area contributed by atoms with Crippen molar-refractivity contribution in [1.29, 1.82) is 0 Å². The van der Waals surface area contributed by atoms with E-state index >= 15 is 0 Å². The molecule has 0 bridgehead atoms. The van der Waals surface area contributed by atoms with Crippen LogP contribution in [0.3, 0.4) is 0 Å². The predicted octanol–water partition coefficient (Wildman–Crippen LogP) is 3.35. The number of carbonyl (C=O) groups excluding carboxylic acids is 1. The van der Waals surface area contributed by atoms with E-state index in [-0.39, 0.29) is 23.6 Å². The highest BCUT2D eigenvalue weighted by Crippen LogP contribution is 2.28. The van der Waals surface area contributed by atoms with Crippen molar-refractivity contribution in [2.45, 2.75) is 44.4 Å². The maximum Gasteiger partial charge on any atom is 0.387 e. The number of hydrogen-bond acceptors (Lipinski definition) is 7. The minimum atomic E-state index is -4.46. The third kappa shape index (κ3) is 5.87. The van der Waals surface area contributed by atoms with Crippen LogP contribution in [-0.4, -0.2) is 42.8 Å². The summed E-state index contributed by atoms with van der Waals surface area (Å²) >= 11 is 0. The second kappa shape index (κ2) is 9.75. The first-order valence-corrected chi connectivity index (χ1v) is 11.6. The topological polar surface area (TPSA) is 112 Å². The van der Waals surface area contributed by atoms with E-state index in [2.05, 4.69) is 14.8 Å². The molecule has 1 aromatic carbocycles. The second-order valence-electron chi connectivity index (χ2n) is 8.29. The van der Waals surface area contributed by atoms with Crippen LogP contribution in [0.1, 0.15) is 42.4 Å². The maximum absolute atomic E-state index is 13.0. The molecule has 9 nitrogen and oxygen atoms in total. The van der Waals surface area contributed by atoms with E-state index in [0.29, 0.717) is 11.3 Å². The number of aromatic nitrogens is 3. The van der Waals surface area contributed by atoms with Gasteiger partial charge in [0.1, 0.15) is 5.75 Å². The van der Waals surface area contributed by atoms with E-state index in [1.54, 1.807) is 18.3 Å². The molecule has 2 aromatic heterocycles. The zero-order chi connectivity index (χ0) is 25.1. The number of nitrogens with one attached hydrogen (secondary N) is 1. The molecule has 1 amide bonds. The third-order valence-electron chi connectivity index (χ3n) is 4.73. The summed E-state index contributed by atoms with van der Waals surface area (Å²) in [4.78, 5) is 16.9. The van der Waals surface area contributed by atoms with Crippen molar-refractivity contribution in [1.82, 2.24) is 19.5 Å². The first-order valence-electron chi connectivity index (χ1n) is 10.1. The normalized spacial score (nSPS) is 12.0. The standard InChI is InChI=1S/C22H24F2N4O5S/c1-22(2,3)18-9-8-16(32-4)20(26-18)34(30,31)27-19(29)14-6-7-15(13-28-11-5-10-25-28)17(12-14)33-21(23)24/h5-12,21H,13H2,1-4H3,(H,27,29). The van der Waals surface area contributed by atoms with Crippen molar-refractivity contribution in [3.63, 3.8) is 0 Å². The fourth-order valence-corrected chi connectivity index (χ4v) is 4.12. The lowest BCUT2D eigenvalue weighted by molar-refractivity contribution is -0.0505. The number of rotatable bonds is 8. The number of halogens is 2. The van der Waals surface area contributed by atoms with E-state index in [1.807, 2.05) is 25.5 Å². The zero-order valence-electron chi connectivity index (χ0n) is 19.0. The summed E-state index contributed by atoms with van der Waals surface area (Å²) in [7, 11) is -3.18. The summed E-state index contributed by atoms with van der Waals surface area (Å²) in [5, 5.41) is 3.55. The Kier molecular flexibility index (Phi) is 7.20. The molecule has 0 saturated heterocycles. The molecule has 3 rings (SSSR count). The van der Waals surface area contributed by atoms with Gasteiger partial charge in [0.2, 0.25) is 5.03 Å². The Morgan fingerprint density at radius 1 is 1.18 bits per heavy atom. The summed E-state index contributed by atoms with van der Waals surface area (Å²) < 4.78 is 64.9. The van der Waals surface area contributed by atoms with E-state index in [4.69, 9.17) is 4.74 Å². The number of hydrogen-bond donors (Lipinski definition) is 1. The molecule has 0 spiro atoms. The molecule has 12 heteroatoms. The van der Waals surface area contributed by atoms with Crippen LogP contribution in [0, 0.1) is 0 Å². The van der Waals surface area contributed by atoms with Crippen LogP contribution in [0.25, 0.3) is 0 Å². The second-order valence-corrected chi connectivity index (χ2v) is 9.89. The molecule has 3 aromatic rings. The average molecular weight is 495 g/mol. The number of methoxy groups -OCH3 is 1. The number of benzene rings is 1. The van der Waals surface area contributed by atoms with Gasteiger partial charge in [-0.15, -0.1) is 0 Å². The van der Waals surface area contributed by atoms with Crippen LogP contribution in [0.15, 0.2) is 53.8 Å². The molecule has 182 valence electrons. The molecule has 0 aliphatic carbocycles. The fourth-order valence-electron chi connectivity index (χ4n) is 3.02. The Morgan fingerprint density at radius 2 is 1.91 bits per heavy atom. The molecule has 0 radical (unpaired) electrons.